The van der Waals surface area contributed by atoms with Crippen LogP contribution in [0.1, 0.15) is 0 Å². The average molecular weight is 689 g/mol. The lowest BCUT2D eigenvalue weighted by atomic mass is 9.92. The highest BCUT2D eigenvalue weighted by Gasteiger charge is 2.16. The molecule has 0 unspecified atom stereocenters. The maximum absolute atomic E-state index is 2.38. The minimum Gasteiger partial charge on any atom is -0.311 e. The van der Waals surface area contributed by atoms with Crippen LogP contribution in [-0.4, -0.2) is 4.57 Å². The van der Waals surface area contributed by atoms with Crippen molar-refractivity contribution >= 4 is 49.6 Å². The fourth-order valence-corrected chi connectivity index (χ4v) is 8.06. The largest absolute Gasteiger partial charge is 0.311 e. The minimum atomic E-state index is 1.11. The monoisotopic (exact) mass is 688 g/mol. The smallest absolute Gasteiger partial charge is 0.0541 e. The summed E-state index contributed by atoms with van der Waals surface area (Å²) in [4.78, 5) is 2.33. The number of benzene rings is 9. The number of aromatic nitrogens is 1. The number of fused-ring (bicyclic) bond motifs is 4. The Morgan fingerprint density at radius 2 is 0.704 bits per heavy atom. The summed E-state index contributed by atoms with van der Waals surface area (Å²) in [6.45, 7) is 0. The van der Waals surface area contributed by atoms with Gasteiger partial charge in [0.2, 0.25) is 0 Å². The van der Waals surface area contributed by atoms with E-state index in [2.05, 4.69) is 228 Å². The number of hydrogen-bond acceptors (Lipinski definition) is 1. The van der Waals surface area contributed by atoms with Gasteiger partial charge < -0.3 is 9.47 Å². The summed E-state index contributed by atoms with van der Waals surface area (Å²) in [5, 5.41) is 5.05. The lowest BCUT2D eigenvalue weighted by Crippen LogP contribution is -2.09. The van der Waals surface area contributed by atoms with Gasteiger partial charge in [0.1, 0.15) is 0 Å². The van der Waals surface area contributed by atoms with E-state index in [-0.39, 0.29) is 0 Å². The molecule has 0 atom stereocenters. The molecule has 2 heteroatoms. The van der Waals surface area contributed by atoms with Crippen molar-refractivity contribution in [3.63, 3.8) is 0 Å². The molecule has 54 heavy (non-hydrogen) atoms. The van der Waals surface area contributed by atoms with Crippen molar-refractivity contribution in [2.75, 3.05) is 4.90 Å². The third-order valence-corrected chi connectivity index (χ3v) is 10.6. The summed E-state index contributed by atoms with van der Waals surface area (Å²) >= 11 is 0. The zero-order valence-corrected chi connectivity index (χ0v) is 29.7. The van der Waals surface area contributed by atoms with Crippen LogP contribution in [-0.2, 0) is 0 Å². The second-order valence-electron chi connectivity index (χ2n) is 13.8. The Kier molecular flexibility index (Phi) is 7.85. The van der Waals surface area contributed by atoms with Crippen LogP contribution in [0.3, 0.4) is 0 Å². The van der Waals surface area contributed by atoms with E-state index in [0.717, 1.165) is 22.7 Å². The number of para-hydroxylation sites is 3. The Morgan fingerprint density at radius 3 is 1.28 bits per heavy atom. The molecule has 0 N–H and O–H groups in total. The molecular weight excluding hydrogens is 653 g/mol. The fourth-order valence-electron chi connectivity index (χ4n) is 8.06. The third kappa shape index (κ3) is 5.53. The summed E-state index contributed by atoms with van der Waals surface area (Å²) in [5.74, 6) is 0. The first-order valence-electron chi connectivity index (χ1n) is 18.5. The number of anilines is 3. The van der Waals surface area contributed by atoms with Crippen molar-refractivity contribution in [1.82, 2.24) is 4.57 Å². The molecule has 10 aromatic rings. The van der Waals surface area contributed by atoms with Crippen LogP contribution in [0, 0.1) is 0 Å². The van der Waals surface area contributed by atoms with Crippen molar-refractivity contribution in [3.8, 4) is 39.1 Å². The third-order valence-electron chi connectivity index (χ3n) is 10.6. The predicted octanol–water partition coefficient (Wildman–Crippen LogP) is 14.4. The van der Waals surface area contributed by atoms with E-state index in [1.165, 1.54) is 66.0 Å². The molecule has 2 nitrogen and oxygen atoms in total. The first-order valence-corrected chi connectivity index (χ1v) is 18.5. The van der Waals surface area contributed by atoms with Gasteiger partial charge >= 0.3 is 0 Å². The first kappa shape index (κ1) is 31.6. The van der Waals surface area contributed by atoms with E-state index in [1.54, 1.807) is 0 Å². The molecule has 10 rings (SSSR count). The number of nitrogens with zero attached hydrogens (tertiary/aromatic N) is 2. The van der Waals surface area contributed by atoms with Crippen molar-refractivity contribution in [2.24, 2.45) is 0 Å². The zero-order valence-electron chi connectivity index (χ0n) is 29.7. The van der Waals surface area contributed by atoms with Crippen LogP contribution in [0.15, 0.2) is 218 Å². The van der Waals surface area contributed by atoms with Gasteiger partial charge in [-0.2, -0.15) is 0 Å². The van der Waals surface area contributed by atoms with E-state index in [1.807, 2.05) is 0 Å². The molecule has 0 bridgehead atoms. The second-order valence-corrected chi connectivity index (χ2v) is 13.8. The SMILES string of the molecule is c1ccc(-c2ccc(-c3ccc(N(c4ccccc4)c4ccc(-c5cccc(-n6c7ccccc7c7ccccc76)c5)cc4)cc3)c3ccccc23)cc1. The molecule has 254 valence electrons. The standard InChI is InChI=1S/C52H36N2/c1-3-14-38(15-4-1)45-34-35-46(48-21-8-7-20-47(45)48)39-28-32-43(33-29-39)53(41-17-5-2-6-18-41)42-30-26-37(27-31-42)40-16-13-19-44(36-40)54-51-24-11-9-22-49(51)50-23-10-12-25-52(50)54/h1-36H. The van der Waals surface area contributed by atoms with Crippen LogP contribution >= 0.6 is 0 Å². The summed E-state index contributed by atoms with van der Waals surface area (Å²) in [6, 6.07) is 78.7. The van der Waals surface area contributed by atoms with Gasteiger partial charge in [-0.3, -0.25) is 0 Å². The van der Waals surface area contributed by atoms with Gasteiger partial charge in [0.25, 0.3) is 0 Å². The van der Waals surface area contributed by atoms with E-state index in [0.29, 0.717) is 0 Å². The predicted molar refractivity (Wildman–Crippen MR) is 229 cm³/mol. The highest BCUT2D eigenvalue weighted by atomic mass is 15.1. The van der Waals surface area contributed by atoms with Crippen molar-refractivity contribution in [3.05, 3.63) is 218 Å². The van der Waals surface area contributed by atoms with Crippen LogP contribution in [0.2, 0.25) is 0 Å². The van der Waals surface area contributed by atoms with Gasteiger partial charge in [0, 0.05) is 33.5 Å². The maximum atomic E-state index is 2.38. The molecule has 0 amide bonds. The lowest BCUT2D eigenvalue weighted by molar-refractivity contribution is 1.18. The van der Waals surface area contributed by atoms with Crippen LogP contribution < -0.4 is 4.90 Å². The quantitative estimate of drug-likeness (QED) is 0.162. The zero-order chi connectivity index (χ0) is 35.8. The van der Waals surface area contributed by atoms with E-state index in [4.69, 9.17) is 0 Å². The number of hydrogen-bond donors (Lipinski definition) is 0. The van der Waals surface area contributed by atoms with Crippen molar-refractivity contribution in [1.29, 1.82) is 0 Å². The number of rotatable bonds is 7. The van der Waals surface area contributed by atoms with Gasteiger partial charge in [-0.25, -0.2) is 0 Å². The summed E-state index contributed by atoms with van der Waals surface area (Å²) < 4.78 is 2.38. The Balaban J connectivity index is 0.999. The summed E-state index contributed by atoms with van der Waals surface area (Å²) in [6.07, 6.45) is 0. The minimum absolute atomic E-state index is 1.11. The highest BCUT2D eigenvalue weighted by Crippen LogP contribution is 2.40. The molecule has 0 fully saturated rings. The highest BCUT2D eigenvalue weighted by molar-refractivity contribution is 6.09. The molecule has 0 aliphatic carbocycles. The molecular formula is C52H36N2. The van der Waals surface area contributed by atoms with Gasteiger partial charge in [0.05, 0.1) is 11.0 Å². The molecule has 0 aliphatic heterocycles. The van der Waals surface area contributed by atoms with Gasteiger partial charge in [0.15, 0.2) is 0 Å². The molecule has 0 saturated carbocycles. The Labute approximate surface area is 315 Å². The second kappa shape index (κ2) is 13.4. The summed E-state index contributed by atoms with van der Waals surface area (Å²) in [7, 11) is 0. The molecule has 0 spiro atoms. The molecule has 0 radical (unpaired) electrons. The molecule has 0 aliphatic rings. The van der Waals surface area contributed by atoms with E-state index in [9.17, 15) is 0 Å². The van der Waals surface area contributed by atoms with E-state index >= 15 is 0 Å². The first-order chi connectivity index (χ1) is 26.8. The van der Waals surface area contributed by atoms with Crippen LogP contribution in [0.25, 0.3) is 71.6 Å². The van der Waals surface area contributed by atoms with E-state index < -0.39 is 0 Å². The molecule has 1 heterocycles. The molecule has 0 saturated heterocycles. The van der Waals surface area contributed by atoms with Crippen molar-refractivity contribution < 1.29 is 0 Å². The summed E-state index contributed by atoms with van der Waals surface area (Å²) in [5.41, 5.74) is 14.2. The maximum Gasteiger partial charge on any atom is 0.0541 e. The lowest BCUT2D eigenvalue weighted by Gasteiger charge is -2.26. The topological polar surface area (TPSA) is 8.17 Å². The van der Waals surface area contributed by atoms with Crippen LogP contribution in [0.5, 0.6) is 0 Å². The average Bonchev–Trinajstić information content (AvgIpc) is 3.59. The van der Waals surface area contributed by atoms with Gasteiger partial charge in [-0.05, 0) is 105 Å². The fraction of sp³-hybridized carbons (Fsp3) is 0. The van der Waals surface area contributed by atoms with Crippen molar-refractivity contribution in [2.45, 2.75) is 0 Å². The Bertz CT molecular complexity index is 2850. The van der Waals surface area contributed by atoms with Gasteiger partial charge in [-0.1, -0.05) is 158 Å². The van der Waals surface area contributed by atoms with Gasteiger partial charge in [-0.15, -0.1) is 0 Å². The Hall–Kier alpha value is -7.16. The normalized spacial score (nSPS) is 11.3. The van der Waals surface area contributed by atoms with Crippen LogP contribution in [0.4, 0.5) is 17.1 Å². The Morgan fingerprint density at radius 1 is 0.278 bits per heavy atom. The molecule has 9 aromatic carbocycles. The molecule has 1 aromatic heterocycles.